The Hall–Kier alpha value is -2.14. The number of methoxy groups -OCH3 is 1. The molecule has 0 aromatic heterocycles. The predicted octanol–water partition coefficient (Wildman–Crippen LogP) is 1.18. The number of benzene rings is 1. The highest BCUT2D eigenvalue weighted by atomic mass is 16.5. The van der Waals surface area contributed by atoms with Crippen LogP contribution in [0.15, 0.2) is 42.5 Å². The summed E-state index contributed by atoms with van der Waals surface area (Å²) in [7, 11) is 1.36. The van der Waals surface area contributed by atoms with Gasteiger partial charge in [0, 0.05) is 6.54 Å². The SMILES string of the molecule is COC(=O)[C@@H]1[C@@H]2C=C[C@]3(CN(CCc4ccccc4)C(=O)[C@H]13)O2. The molecular weight excluding hydrogens is 294 g/mol. The zero-order chi connectivity index (χ0) is 16.0. The molecule has 23 heavy (non-hydrogen) atoms. The highest BCUT2D eigenvalue weighted by Gasteiger charge is 2.67. The summed E-state index contributed by atoms with van der Waals surface area (Å²) in [5.74, 6) is -1.31. The van der Waals surface area contributed by atoms with Gasteiger partial charge in [-0.25, -0.2) is 0 Å². The van der Waals surface area contributed by atoms with Crippen molar-refractivity contribution in [2.75, 3.05) is 20.2 Å². The molecule has 0 aliphatic carbocycles. The summed E-state index contributed by atoms with van der Waals surface area (Å²) in [6, 6.07) is 10.1. The summed E-state index contributed by atoms with van der Waals surface area (Å²) in [5, 5.41) is 0. The average molecular weight is 313 g/mol. The van der Waals surface area contributed by atoms with Gasteiger partial charge < -0.3 is 14.4 Å². The van der Waals surface area contributed by atoms with Crippen LogP contribution >= 0.6 is 0 Å². The smallest absolute Gasteiger partial charge is 0.312 e. The molecule has 2 fully saturated rings. The van der Waals surface area contributed by atoms with Crippen LogP contribution in [0.2, 0.25) is 0 Å². The van der Waals surface area contributed by atoms with E-state index in [9.17, 15) is 9.59 Å². The van der Waals surface area contributed by atoms with Crippen LogP contribution in [0.4, 0.5) is 0 Å². The van der Waals surface area contributed by atoms with Gasteiger partial charge >= 0.3 is 5.97 Å². The minimum Gasteiger partial charge on any atom is -0.469 e. The van der Waals surface area contributed by atoms with Gasteiger partial charge in [-0.15, -0.1) is 0 Å². The summed E-state index contributed by atoms with van der Waals surface area (Å²) in [6.45, 7) is 1.15. The van der Waals surface area contributed by atoms with Crippen molar-refractivity contribution in [3.63, 3.8) is 0 Å². The quantitative estimate of drug-likeness (QED) is 0.619. The molecule has 1 amide bonds. The number of rotatable bonds is 4. The third kappa shape index (κ3) is 2.10. The molecule has 5 heteroatoms. The van der Waals surface area contributed by atoms with E-state index >= 15 is 0 Å². The van der Waals surface area contributed by atoms with Gasteiger partial charge in [-0.05, 0) is 12.0 Å². The predicted molar refractivity (Wildman–Crippen MR) is 82.5 cm³/mol. The first-order valence-corrected chi connectivity index (χ1v) is 7.92. The van der Waals surface area contributed by atoms with Gasteiger partial charge in [0.15, 0.2) is 0 Å². The number of hydrogen-bond acceptors (Lipinski definition) is 4. The van der Waals surface area contributed by atoms with E-state index in [4.69, 9.17) is 9.47 Å². The van der Waals surface area contributed by atoms with Crippen molar-refractivity contribution in [3.8, 4) is 0 Å². The Kier molecular flexibility index (Phi) is 3.27. The summed E-state index contributed by atoms with van der Waals surface area (Å²) >= 11 is 0. The first-order chi connectivity index (χ1) is 11.1. The number of amides is 1. The lowest BCUT2D eigenvalue weighted by Gasteiger charge is -2.22. The second kappa shape index (κ2) is 5.20. The maximum absolute atomic E-state index is 12.8. The van der Waals surface area contributed by atoms with E-state index in [1.165, 1.54) is 12.7 Å². The van der Waals surface area contributed by atoms with Gasteiger partial charge in [0.2, 0.25) is 5.91 Å². The molecule has 1 aromatic carbocycles. The molecule has 2 bridgehead atoms. The summed E-state index contributed by atoms with van der Waals surface area (Å²) in [5.41, 5.74) is 0.553. The molecule has 3 aliphatic rings. The molecule has 4 rings (SSSR count). The molecule has 0 N–H and O–H groups in total. The molecule has 5 nitrogen and oxygen atoms in total. The summed E-state index contributed by atoms with van der Waals surface area (Å²) < 4.78 is 10.9. The maximum Gasteiger partial charge on any atom is 0.312 e. The third-order valence-electron chi connectivity index (χ3n) is 5.17. The zero-order valence-electron chi connectivity index (χ0n) is 13.0. The Morgan fingerprint density at radius 1 is 1.39 bits per heavy atom. The first kappa shape index (κ1) is 14.5. The van der Waals surface area contributed by atoms with Gasteiger partial charge in [0.1, 0.15) is 11.5 Å². The average Bonchev–Trinajstić information content (AvgIpc) is 3.21. The summed E-state index contributed by atoms with van der Waals surface area (Å²) in [6.07, 6.45) is 4.33. The van der Waals surface area contributed by atoms with Crippen molar-refractivity contribution in [1.29, 1.82) is 0 Å². The van der Waals surface area contributed by atoms with Crippen molar-refractivity contribution < 1.29 is 19.1 Å². The topological polar surface area (TPSA) is 55.8 Å². The fourth-order valence-corrected chi connectivity index (χ4v) is 4.08. The van der Waals surface area contributed by atoms with Crippen LogP contribution in [0.3, 0.4) is 0 Å². The molecule has 0 unspecified atom stereocenters. The van der Waals surface area contributed by atoms with E-state index in [0.29, 0.717) is 13.1 Å². The van der Waals surface area contributed by atoms with Crippen molar-refractivity contribution in [1.82, 2.24) is 4.90 Å². The second-order valence-corrected chi connectivity index (χ2v) is 6.42. The molecule has 0 radical (unpaired) electrons. The number of carbonyl (C=O) groups is 2. The van der Waals surface area contributed by atoms with Crippen molar-refractivity contribution in [2.45, 2.75) is 18.1 Å². The Morgan fingerprint density at radius 2 is 2.17 bits per heavy atom. The molecular formula is C18H19NO4. The van der Waals surface area contributed by atoms with Gasteiger partial charge in [0.05, 0.1) is 25.7 Å². The summed E-state index contributed by atoms with van der Waals surface area (Å²) in [4.78, 5) is 26.7. The lowest BCUT2D eigenvalue weighted by Crippen LogP contribution is -2.39. The van der Waals surface area contributed by atoms with Crippen LogP contribution < -0.4 is 0 Å². The zero-order valence-corrected chi connectivity index (χ0v) is 13.0. The van der Waals surface area contributed by atoms with E-state index in [-0.39, 0.29) is 18.0 Å². The molecule has 4 atom stereocenters. The van der Waals surface area contributed by atoms with Crippen LogP contribution in [0.1, 0.15) is 5.56 Å². The Labute approximate surface area is 134 Å². The number of fused-ring (bicyclic) bond motifs is 1. The normalized spacial score (nSPS) is 34.0. The second-order valence-electron chi connectivity index (χ2n) is 6.42. The van der Waals surface area contributed by atoms with Gasteiger partial charge in [-0.2, -0.15) is 0 Å². The third-order valence-corrected chi connectivity index (χ3v) is 5.17. The van der Waals surface area contributed by atoms with E-state index in [1.54, 1.807) is 0 Å². The maximum atomic E-state index is 12.8. The monoisotopic (exact) mass is 313 g/mol. The van der Waals surface area contributed by atoms with Crippen LogP contribution in [-0.4, -0.2) is 48.7 Å². The van der Waals surface area contributed by atoms with Crippen molar-refractivity contribution in [3.05, 3.63) is 48.0 Å². The van der Waals surface area contributed by atoms with E-state index < -0.39 is 17.4 Å². The largest absolute Gasteiger partial charge is 0.469 e. The van der Waals surface area contributed by atoms with Crippen LogP contribution in [0.5, 0.6) is 0 Å². The van der Waals surface area contributed by atoms with Crippen molar-refractivity contribution in [2.24, 2.45) is 11.8 Å². The number of carbonyl (C=O) groups excluding carboxylic acids is 2. The van der Waals surface area contributed by atoms with Crippen molar-refractivity contribution >= 4 is 11.9 Å². The highest BCUT2D eigenvalue weighted by Crippen LogP contribution is 2.52. The van der Waals surface area contributed by atoms with Gasteiger partial charge in [-0.3, -0.25) is 9.59 Å². The van der Waals surface area contributed by atoms with E-state index in [0.717, 1.165) is 6.42 Å². The van der Waals surface area contributed by atoms with Crippen LogP contribution in [0.25, 0.3) is 0 Å². The Bertz CT molecular complexity index is 671. The molecule has 3 heterocycles. The number of hydrogen-bond donors (Lipinski definition) is 0. The molecule has 1 aromatic rings. The lowest BCUT2D eigenvalue weighted by molar-refractivity contribution is -0.151. The fraction of sp³-hybridized carbons (Fsp3) is 0.444. The molecule has 1 spiro atoms. The van der Waals surface area contributed by atoms with Gasteiger partial charge in [0.25, 0.3) is 0 Å². The molecule has 3 aliphatic heterocycles. The molecule has 120 valence electrons. The minimum atomic E-state index is -0.642. The Morgan fingerprint density at radius 3 is 2.91 bits per heavy atom. The minimum absolute atomic E-state index is 0.00295. The number of likely N-dealkylation sites (tertiary alicyclic amines) is 1. The number of esters is 1. The standard InChI is InChI=1S/C18H19NO4/c1-22-17(21)14-13-7-9-18(23-13)11-19(16(20)15(14)18)10-8-12-5-3-2-4-6-12/h2-7,9,13-15H,8,10-11H2,1H3/t13-,14+,15-,18+/m0/s1. The molecule has 2 saturated heterocycles. The number of ether oxygens (including phenoxy) is 2. The van der Waals surface area contributed by atoms with E-state index in [2.05, 4.69) is 12.1 Å². The highest BCUT2D eigenvalue weighted by molar-refractivity contribution is 5.91. The van der Waals surface area contributed by atoms with Crippen LogP contribution in [-0.2, 0) is 25.5 Å². The molecule has 0 saturated carbocycles. The fourth-order valence-electron chi connectivity index (χ4n) is 4.08. The Balaban J connectivity index is 1.52. The van der Waals surface area contributed by atoms with Crippen LogP contribution in [0, 0.1) is 11.8 Å². The van der Waals surface area contributed by atoms with Gasteiger partial charge in [-0.1, -0.05) is 42.5 Å². The van der Waals surface area contributed by atoms with E-state index in [1.807, 2.05) is 35.3 Å². The first-order valence-electron chi connectivity index (χ1n) is 7.92. The number of nitrogens with zero attached hydrogens (tertiary/aromatic N) is 1. The lowest BCUT2D eigenvalue weighted by atomic mass is 9.77.